The molecule has 10 heteroatoms. The molecule has 35 heavy (non-hydrogen) atoms. The number of hydrazine groups is 1. The van der Waals surface area contributed by atoms with Crippen LogP contribution < -0.4 is 16.1 Å². The van der Waals surface area contributed by atoms with Crippen LogP contribution >= 0.6 is 34.2 Å². The largest absolute Gasteiger partial charge is 0.322 e. The molecule has 2 aliphatic heterocycles. The van der Waals surface area contributed by atoms with Crippen molar-refractivity contribution in [2.75, 3.05) is 51.6 Å². The van der Waals surface area contributed by atoms with E-state index >= 15 is 0 Å². The molecule has 4 rings (SSSR count). The summed E-state index contributed by atoms with van der Waals surface area (Å²) in [6.45, 7) is 5.65. The number of carbonyl (C=O) groups is 2. The number of urea groups is 1. The average molecular weight is 611 g/mol. The van der Waals surface area contributed by atoms with Crippen molar-refractivity contribution in [2.45, 2.75) is 24.9 Å². The van der Waals surface area contributed by atoms with Gasteiger partial charge in [0.1, 0.15) is 6.04 Å². The minimum atomic E-state index is -0.831. The first-order valence-corrected chi connectivity index (χ1v) is 13.4. The lowest BCUT2D eigenvalue weighted by Gasteiger charge is -2.42. The van der Waals surface area contributed by atoms with Crippen molar-refractivity contribution in [2.24, 2.45) is 0 Å². The van der Waals surface area contributed by atoms with E-state index in [1.54, 1.807) is 24.3 Å². The summed E-state index contributed by atoms with van der Waals surface area (Å²) < 4.78 is 0.907. The Kier molecular flexibility index (Phi) is 9.23. The zero-order valence-corrected chi connectivity index (χ0v) is 22.8. The molecule has 2 aromatic rings. The summed E-state index contributed by atoms with van der Waals surface area (Å²) in [7, 11) is 2.18. The van der Waals surface area contributed by atoms with Gasteiger partial charge in [0.05, 0.1) is 0 Å². The Labute approximate surface area is 225 Å². The summed E-state index contributed by atoms with van der Waals surface area (Å²) in [5.74, 6) is -0.256. The maximum Gasteiger partial charge on any atom is 0.320 e. The highest BCUT2D eigenvalue weighted by molar-refractivity contribution is 14.1. The fourth-order valence-corrected chi connectivity index (χ4v) is 5.43. The number of hydrogen-bond acceptors (Lipinski definition) is 5. The van der Waals surface area contributed by atoms with E-state index < -0.39 is 12.1 Å². The second kappa shape index (κ2) is 12.4. The first-order chi connectivity index (χ1) is 16.9. The van der Waals surface area contributed by atoms with Gasteiger partial charge in [-0.3, -0.25) is 15.1 Å². The molecular weight excluding hydrogens is 579 g/mol. The lowest BCUT2D eigenvalue weighted by atomic mass is 10.0. The predicted molar refractivity (Wildman–Crippen MR) is 147 cm³/mol. The van der Waals surface area contributed by atoms with Crippen molar-refractivity contribution in [1.82, 2.24) is 25.6 Å². The number of nitrogens with zero attached hydrogens (tertiary/aromatic N) is 3. The average Bonchev–Trinajstić information content (AvgIpc) is 2.85. The first kappa shape index (κ1) is 26.2. The Hall–Kier alpha value is -1.92. The second-order valence-electron chi connectivity index (χ2n) is 9.09. The van der Waals surface area contributed by atoms with Gasteiger partial charge in [0.15, 0.2) is 0 Å². The molecule has 0 saturated carbocycles. The third-order valence-electron chi connectivity index (χ3n) is 6.64. The SMILES string of the molecule is CN1CCC(N2CCN(NC(=O)C(NC(=O)Nc3ccc(Cl)cc3)c3ccccc3I)CC2)CC1. The molecule has 0 bridgehead atoms. The van der Waals surface area contributed by atoms with Gasteiger partial charge in [0.2, 0.25) is 0 Å². The molecule has 2 heterocycles. The molecule has 0 spiro atoms. The lowest BCUT2D eigenvalue weighted by molar-refractivity contribution is -0.129. The van der Waals surface area contributed by atoms with Gasteiger partial charge >= 0.3 is 6.03 Å². The Balaban J connectivity index is 1.37. The van der Waals surface area contributed by atoms with Gasteiger partial charge in [-0.2, -0.15) is 0 Å². The number of benzene rings is 2. The summed E-state index contributed by atoms with van der Waals surface area (Å²) in [5.41, 5.74) is 4.40. The molecule has 3 N–H and O–H groups in total. The molecule has 8 nitrogen and oxygen atoms in total. The third kappa shape index (κ3) is 7.29. The topological polar surface area (TPSA) is 80.0 Å². The molecule has 1 atom stereocenters. The van der Waals surface area contributed by atoms with Gasteiger partial charge in [-0.1, -0.05) is 29.8 Å². The maximum absolute atomic E-state index is 13.4. The highest BCUT2D eigenvalue weighted by atomic mass is 127. The molecule has 188 valence electrons. The number of piperidine rings is 1. The zero-order valence-electron chi connectivity index (χ0n) is 19.8. The number of likely N-dealkylation sites (tertiary alicyclic amines) is 1. The van der Waals surface area contributed by atoms with Crippen LogP contribution in [0, 0.1) is 3.57 Å². The number of anilines is 1. The van der Waals surface area contributed by atoms with E-state index in [1.165, 1.54) is 12.8 Å². The summed E-state index contributed by atoms with van der Waals surface area (Å²) in [4.78, 5) is 31.1. The standard InChI is InChI=1S/C25H32ClIN6O2/c1-31-12-10-20(11-13-31)32-14-16-33(17-15-32)30-24(34)23(21-4-2-3-5-22(21)27)29-25(35)28-19-8-6-18(26)7-9-19/h2-9,20,23H,10-17H2,1H3,(H,30,34)(H2,28,29,35). The number of halogens is 2. The zero-order chi connectivity index (χ0) is 24.8. The smallest absolute Gasteiger partial charge is 0.320 e. The van der Waals surface area contributed by atoms with Crippen LogP contribution in [-0.2, 0) is 4.79 Å². The molecule has 1 unspecified atom stereocenters. The molecule has 0 aliphatic carbocycles. The van der Waals surface area contributed by atoms with Gasteiger partial charge in [0, 0.05) is 46.5 Å². The van der Waals surface area contributed by atoms with Crippen molar-refractivity contribution in [3.63, 3.8) is 0 Å². The summed E-state index contributed by atoms with van der Waals surface area (Å²) >= 11 is 8.12. The van der Waals surface area contributed by atoms with Crippen LogP contribution in [0.25, 0.3) is 0 Å². The monoisotopic (exact) mass is 610 g/mol. The fourth-order valence-electron chi connectivity index (χ4n) is 4.60. The molecule has 2 fully saturated rings. The van der Waals surface area contributed by atoms with E-state index in [4.69, 9.17) is 11.6 Å². The Morgan fingerprint density at radius 3 is 2.29 bits per heavy atom. The normalized spacial score (nSPS) is 19.2. The number of hydrogen-bond donors (Lipinski definition) is 3. The highest BCUT2D eigenvalue weighted by Gasteiger charge is 2.30. The second-order valence-corrected chi connectivity index (χ2v) is 10.7. The van der Waals surface area contributed by atoms with E-state index in [9.17, 15) is 9.59 Å². The van der Waals surface area contributed by atoms with Crippen LogP contribution in [0.2, 0.25) is 5.02 Å². The van der Waals surface area contributed by atoms with Crippen LogP contribution in [0.15, 0.2) is 48.5 Å². The molecule has 2 aliphatic rings. The summed E-state index contributed by atoms with van der Waals surface area (Å²) in [6, 6.07) is 13.7. The summed E-state index contributed by atoms with van der Waals surface area (Å²) in [5, 5.41) is 8.18. The lowest BCUT2D eigenvalue weighted by Crippen LogP contribution is -2.58. The third-order valence-corrected chi connectivity index (χ3v) is 7.88. The number of carbonyl (C=O) groups excluding carboxylic acids is 2. The number of piperazine rings is 1. The summed E-state index contributed by atoms with van der Waals surface area (Å²) in [6.07, 6.45) is 2.40. The van der Waals surface area contributed by atoms with Gasteiger partial charge in [-0.05, 0) is 91.5 Å². The van der Waals surface area contributed by atoms with Crippen LogP contribution in [0.4, 0.5) is 10.5 Å². The van der Waals surface area contributed by atoms with Gasteiger partial charge in [-0.25, -0.2) is 9.80 Å². The number of nitrogens with one attached hydrogen (secondary N) is 3. The van der Waals surface area contributed by atoms with Crippen LogP contribution in [0.5, 0.6) is 0 Å². The minimum absolute atomic E-state index is 0.256. The quantitative estimate of drug-likeness (QED) is 0.436. The molecule has 3 amide bonds. The molecular formula is C25H32ClIN6O2. The van der Waals surface area contributed by atoms with Crippen molar-refractivity contribution >= 4 is 51.8 Å². The Morgan fingerprint density at radius 2 is 1.63 bits per heavy atom. The Morgan fingerprint density at radius 1 is 0.971 bits per heavy atom. The molecule has 2 aromatic carbocycles. The predicted octanol–water partition coefficient (Wildman–Crippen LogP) is 3.55. The van der Waals surface area contributed by atoms with E-state index in [0.29, 0.717) is 16.8 Å². The van der Waals surface area contributed by atoms with Crippen molar-refractivity contribution in [3.05, 3.63) is 62.7 Å². The molecule has 0 radical (unpaired) electrons. The van der Waals surface area contributed by atoms with E-state index in [2.05, 4.69) is 55.5 Å². The van der Waals surface area contributed by atoms with Crippen molar-refractivity contribution in [3.8, 4) is 0 Å². The Bertz CT molecular complexity index is 1010. The van der Waals surface area contributed by atoms with Crippen LogP contribution in [-0.4, -0.2) is 79.1 Å². The van der Waals surface area contributed by atoms with E-state index in [0.717, 1.165) is 48.4 Å². The van der Waals surface area contributed by atoms with E-state index in [1.807, 2.05) is 29.3 Å². The van der Waals surface area contributed by atoms with Gasteiger partial charge in [0.25, 0.3) is 5.91 Å². The molecule has 0 aromatic heterocycles. The minimum Gasteiger partial charge on any atom is -0.322 e. The van der Waals surface area contributed by atoms with Crippen molar-refractivity contribution < 1.29 is 9.59 Å². The van der Waals surface area contributed by atoms with Crippen molar-refractivity contribution in [1.29, 1.82) is 0 Å². The first-order valence-electron chi connectivity index (χ1n) is 11.9. The van der Waals surface area contributed by atoms with Gasteiger partial charge < -0.3 is 15.5 Å². The highest BCUT2D eigenvalue weighted by Crippen LogP contribution is 2.22. The molecule has 2 saturated heterocycles. The fraction of sp³-hybridized carbons (Fsp3) is 0.440. The van der Waals surface area contributed by atoms with Gasteiger partial charge in [-0.15, -0.1) is 0 Å². The number of amides is 3. The maximum atomic E-state index is 13.4. The van der Waals surface area contributed by atoms with E-state index in [-0.39, 0.29) is 5.91 Å². The number of rotatable bonds is 6. The van der Waals surface area contributed by atoms with Crippen LogP contribution in [0.3, 0.4) is 0 Å². The van der Waals surface area contributed by atoms with Crippen LogP contribution in [0.1, 0.15) is 24.4 Å².